The summed E-state index contributed by atoms with van der Waals surface area (Å²) >= 11 is 0. The molecule has 1 saturated heterocycles. The van der Waals surface area contributed by atoms with Crippen LogP contribution >= 0.6 is 0 Å². The molecule has 1 aromatic rings. The smallest absolute Gasteiger partial charge is 0.325 e. The zero-order valence-electron chi connectivity index (χ0n) is 9.70. The number of likely N-dealkylation sites (tertiary alicyclic amines) is 1. The Kier molecular flexibility index (Phi) is 3.75. The van der Waals surface area contributed by atoms with Crippen molar-refractivity contribution in [3.05, 3.63) is 18.0 Å². The Hall–Kier alpha value is -1.40. The fourth-order valence-electron chi connectivity index (χ4n) is 2.18. The predicted molar refractivity (Wildman–Crippen MR) is 58.0 cm³/mol. The van der Waals surface area contributed by atoms with Crippen LogP contribution in [0.15, 0.2) is 16.9 Å². The molecule has 0 aliphatic carbocycles. The van der Waals surface area contributed by atoms with Crippen LogP contribution in [0.25, 0.3) is 0 Å². The highest BCUT2D eigenvalue weighted by Crippen LogP contribution is 2.20. The number of ether oxygens (including phenoxy) is 1. The summed E-state index contributed by atoms with van der Waals surface area (Å²) in [5.41, 5.74) is 0.744. The third kappa shape index (κ3) is 2.65. The molecule has 1 aromatic heterocycles. The van der Waals surface area contributed by atoms with Gasteiger partial charge in [-0.15, -0.1) is 0 Å². The highest BCUT2D eigenvalue weighted by atomic mass is 16.5. The number of piperidine rings is 1. The molecule has 0 bridgehead atoms. The summed E-state index contributed by atoms with van der Waals surface area (Å²) in [6, 6.07) is 1.14. The number of aliphatic hydroxyl groups excluding tert-OH is 1. The van der Waals surface area contributed by atoms with E-state index in [0.717, 1.165) is 18.7 Å². The zero-order chi connectivity index (χ0) is 12.3. The molecule has 2 unspecified atom stereocenters. The van der Waals surface area contributed by atoms with Crippen molar-refractivity contribution in [3.63, 3.8) is 0 Å². The van der Waals surface area contributed by atoms with Crippen molar-refractivity contribution in [1.29, 1.82) is 0 Å². The van der Waals surface area contributed by atoms with E-state index in [-0.39, 0.29) is 0 Å². The number of methoxy groups -OCH3 is 1. The number of aromatic nitrogens is 1. The van der Waals surface area contributed by atoms with Gasteiger partial charge in [-0.25, -0.2) is 0 Å². The molecule has 1 N–H and O–H groups in total. The van der Waals surface area contributed by atoms with Crippen LogP contribution in [0.2, 0.25) is 0 Å². The van der Waals surface area contributed by atoms with Crippen LogP contribution in [0.4, 0.5) is 0 Å². The molecule has 0 spiro atoms. The quantitative estimate of drug-likeness (QED) is 0.759. The molecule has 1 aliphatic heterocycles. The largest absolute Gasteiger partial charge is 0.468 e. The monoisotopic (exact) mass is 240 g/mol. The summed E-state index contributed by atoms with van der Waals surface area (Å²) < 4.78 is 9.47. The first-order valence-electron chi connectivity index (χ1n) is 5.61. The maximum absolute atomic E-state index is 11.6. The summed E-state index contributed by atoms with van der Waals surface area (Å²) in [5, 5.41) is 13.7. The second-order valence-electron chi connectivity index (χ2n) is 4.14. The van der Waals surface area contributed by atoms with Crippen LogP contribution in [-0.2, 0) is 16.1 Å². The highest BCUT2D eigenvalue weighted by molar-refractivity contribution is 5.76. The molecule has 0 amide bonds. The van der Waals surface area contributed by atoms with Crippen molar-refractivity contribution in [2.24, 2.45) is 0 Å². The third-order valence-corrected chi connectivity index (χ3v) is 3.00. The maximum atomic E-state index is 11.6. The third-order valence-electron chi connectivity index (χ3n) is 3.00. The molecule has 0 aromatic carbocycles. The fraction of sp³-hybridized carbons (Fsp3) is 0.636. The molecule has 2 atom stereocenters. The van der Waals surface area contributed by atoms with Crippen LogP contribution < -0.4 is 0 Å². The van der Waals surface area contributed by atoms with Gasteiger partial charge in [0.2, 0.25) is 0 Å². The summed E-state index contributed by atoms with van der Waals surface area (Å²) in [4.78, 5) is 13.5. The summed E-state index contributed by atoms with van der Waals surface area (Å²) in [7, 11) is 1.33. The standard InChI is InChI=1S/C11H16N2O4/c1-16-11(15)10-9(14)3-2-5-13(10)7-8-4-6-17-12-8/h4,6,9-10,14H,2-3,5,7H2,1H3. The van der Waals surface area contributed by atoms with Crippen molar-refractivity contribution in [3.8, 4) is 0 Å². The normalized spacial score (nSPS) is 25.8. The van der Waals surface area contributed by atoms with Crippen LogP contribution in [0.5, 0.6) is 0 Å². The molecule has 2 rings (SSSR count). The van der Waals surface area contributed by atoms with Gasteiger partial charge in [0.1, 0.15) is 12.3 Å². The van der Waals surface area contributed by atoms with Gasteiger partial charge in [0.25, 0.3) is 0 Å². The number of carbonyl (C=O) groups is 1. The lowest BCUT2D eigenvalue weighted by atomic mass is 9.98. The topological polar surface area (TPSA) is 75.8 Å². The molecule has 2 heterocycles. The van der Waals surface area contributed by atoms with Gasteiger partial charge in [0, 0.05) is 12.6 Å². The first kappa shape index (κ1) is 12.1. The molecule has 1 aliphatic rings. The highest BCUT2D eigenvalue weighted by Gasteiger charge is 2.36. The van der Waals surface area contributed by atoms with E-state index in [1.807, 2.05) is 4.90 Å². The van der Waals surface area contributed by atoms with E-state index in [0.29, 0.717) is 13.0 Å². The van der Waals surface area contributed by atoms with Gasteiger partial charge in [-0.3, -0.25) is 9.69 Å². The molecular formula is C11H16N2O4. The van der Waals surface area contributed by atoms with Gasteiger partial charge in [0.05, 0.1) is 18.9 Å². The van der Waals surface area contributed by atoms with Gasteiger partial charge < -0.3 is 14.4 Å². The summed E-state index contributed by atoms with van der Waals surface area (Å²) in [5.74, 6) is -0.402. The summed E-state index contributed by atoms with van der Waals surface area (Å²) in [6.07, 6.45) is 2.29. The SMILES string of the molecule is COC(=O)C1C(O)CCCN1Cc1ccon1. The van der Waals surface area contributed by atoms with Crippen LogP contribution in [0.1, 0.15) is 18.5 Å². The minimum Gasteiger partial charge on any atom is -0.468 e. The lowest BCUT2D eigenvalue weighted by molar-refractivity contribution is -0.154. The van der Waals surface area contributed by atoms with E-state index in [2.05, 4.69) is 5.16 Å². The average molecular weight is 240 g/mol. The predicted octanol–water partition coefficient (Wildman–Crippen LogP) is 0.173. The molecule has 0 radical (unpaired) electrons. The minimum atomic E-state index is -0.678. The first-order chi connectivity index (χ1) is 8.22. The average Bonchev–Trinajstić information content (AvgIpc) is 2.81. The number of aliphatic hydroxyl groups is 1. The number of hydrogen-bond donors (Lipinski definition) is 1. The number of nitrogens with zero attached hydrogens (tertiary/aromatic N) is 2. The lowest BCUT2D eigenvalue weighted by Crippen LogP contribution is -2.52. The lowest BCUT2D eigenvalue weighted by Gasteiger charge is -2.36. The van der Waals surface area contributed by atoms with Crippen molar-refractivity contribution < 1.29 is 19.2 Å². The van der Waals surface area contributed by atoms with Crippen LogP contribution in [0, 0.1) is 0 Å². The van der Waals surface area contributed by atoms with Gasteiger partial charge in [-0.05, 0) is 19.4 Å². The Balaban J connectivity index is 2.09. The Bertz CT molecular complexity index is 366. The van der Waals surface area contributed by atoms with Crippen LogP contribution in [0.3, 0.4) is 0 Å². The minimum absolute atomic E-state index is 0.402. The van der Waals surface area contributed by atoms with E-state index in [4.69, 9.17) is 9.26 Å². The Morgan fingerprint density at radius 3 is 3.24 bits per heavy atom. The van der Waals surface area contributed by atoms with Crippen LogP contribution in [-0.4, -0.2) is 46.9 Å². The van der Waals surface area contributed by atoms with E-state index < -0.39 is 18.1 Å². The van der Waals surface area contributed by atoms with Gasteiger partial charge >= 0.3 is 5.97 Å². The first-order valence-corrected chi connectivity index (χ1v) is 5.61. The Morgan fingerprint density at radius 1 is 1.76 bits per heavy atom. The van der Waals surface area contributed by atoms with Gasteiger partial charge in [-0.2, -0.15) is 0 Å². The van der Waals surface area contributed by atoms with Gasteiger partial charge in [0.15, 0.2) is 0 Å². The number of carbonyl (C=O) groups excluding carboxylic acids is 1. The van der Waals surface area contributed by atoms with E-state index in [1.54, 1.807) is 6.07 Å². The summed E-state index contributed by atoms with van der Waals surface area (Å²) in [6.45, 7) is 1.22. The molecule has 94 valence electrons. The van der Waals surface area contributed by atoms with Crippen molar-refractivity contribution in [1.82, 2.24) is 10.1 Å². The molecule has 17 heavy (non-hydrogen) atoms. The van der Waals surface area contributed by atoms with E-state index in [9.17, 15) is 9.90 Å². The molecule has 0 saturated carbocycles. The molecule has 1 fully saturated rings. The number of esters is 1. The number of hydrogen-bond acceptors (Lipinski definition) is 6. The number of rotatable bonds is 3. The molecule has 6 nitrogen and oxygen atoms in total. The molecule has 6 heteroatoms. The molecular weight excluding hydrogens is 224 g/mol. The van der Waals surface area contributed by atoms with Gasteiger partial charge in [-0.1, -0.05) is 5.16 Å². The fourth-order valence-corrected chi connectivity index (χ4v) is 2.18. The van der Waals surface area contributed by atoms with Crippen molar-refractivity contribution >= 4 is 5.97 Å². The Labute approximate surface area is 99.1 Å². The van der Waals surface area contributed by atoms with Crippen molar-refractivity contribution in [2.75, 3.05) is 13.7 Å². The van der Waals surface area contributed by atoms with E-state index in [1.165, 1.54) is 13.4 Å². The second kappa shape index (κ2) is 5.29. The second-order valence-corrected chi connectivity index (χ2v) is 4.14. The Morgan fingerprint density at radius 2 is 2.59 bits per heavy atom. The van der Waals surface area contributed by atoms with Crippen molar-refractivity contribution in [2.45, 2.75) is 31.5 Å². The zero-order valence-corrected chi connectivity index (χ0v) is 9.70. The maximum Gasteiger partial charge on any atom is 0.325 e. The van der Waals surface area contributed by atoms with E-state index >= 15 is 0 Å².